The summed E-state index contributed by atoms with van der Waals surface area (Å²) < 4.78 is 5.42. The summed E-state index contributed by atoms with van der Waals surface area (Å²) in [6.45, 7) is 6.24. The van der Waals surface area contributed by atoms with Crippen LogP contribution in [0, 0.1) is 5.92 Å². The van der Waals surface area contributed by atoms with Crippen molar-refractivity contribution < 1.29 is 23.9 Å². The summed E-state index contributed by atoms with van der Waals surface area (Å²) in [5, 5.41) is 2.85. The van der Waals surface area contributed by atoms with E-state index in [2.05, 4.69) is 5.32 Å². The zero-order chi connectivity index (χ0) is 23.0. The maximum atomic E-state index is 12.9. The van der Waals surface area contributed by atoms with Crippen molar-refractivity contribution in [3.63, 3.8) is 0 Å². The van der Waals surface area contributed by atoms with Crippen molar-refractivity contribution in [2.75, 3.05) is 18.4 Å². The zero-order valence-corrected chi connectivity index (χ0v) is 18.4. The van der Waals surface area contributed by atoms with E-state index >= 15 is 0 Å². The van der Waals surface area contributed by atoms with Gasteiger partial charge < -0.3 is 15.0 Å². The van der Waals surface area contributed by atoms with Crippen LogP contribution in [0.3, 0.4) is 0 Å². The van der Waals surface area contributed by atoms with Crippen LogP contribution in [0.2, 0.25) is 0 Å². The van der Waals surface area contributed by atoms with Gasteiger partial charge in [0, 0.05) is 41.0 Å². The highest BCUT2D eigenvalue weighted by Gasteiger charge is 2.32. The van der Waals surface area contributed by atoms with Crippen LogP contribution in [0.15, 0.2) is 42.5 Å². The summed E-state index contributed by atoms with van der Waals surface area (Å²) in [6.07, 6.45) is 0.929. The second-order valence-electron chi connectivity index (χ2n) is 9.22. The first kappa shape index (κ1) is 21.7. The summed E-state index contributed by atoms with van der Waals surface area (Å²) in [4.78, 5) is 52.5. The molecule has 0 bridgehead atoms. The van der Waals surface area contributed by atoms with Crippen molar-refractivity contribution in [3.8, 4) is 0 Å². The number of amides is 2. The number of nitrogens with zero attached hydrogens (tertiary/aromatic N) is 1. The average molecular weight is 434 g/mol. The van der Waals surface area contributed by atoms with E-state index in [4.69, 9.17) is 4.74 Å². The van der Waals surface area contributed by atoms with Gasteiger partial charge in [0.2, 0.25) is 5.91 Å². The molecule has 32 heavy (non-hydrogen) atoms. The molecule has 1 saturated heterocycles. The molecule has 1 aliphatic carbocycles. The van der Waals surface area contributed by atoms with Crippen LogP contribution in [0.4, 0.5) is 10.5 Å². The van der Waals surface area contributed by atoms with E-state index in [-0.39, 0.29) is 35.5 Å². The molecule has 1 unspecified atom stereocenters. The fraction of sp³-hybridized carbons (Fsp3) is 0.360. The lowest BCUT2D eigenvalue weighted by atomic mass is 9.84. The molecule has 2 aliphatic rings. The molecule has 7 heteroatoms. The molecule has 7 nitrogen and oxygen atoms in total. The van der Waals surface area contributed by atoms with Gasteiger partial charge in [-0.2, -0.15) is 0 Å². The van der Waals surface area contributed by atoms with E-state index in [1.165, 1.54) is 0 Å². The predicted molar refractivity (Wildman–Crippen MR) is 119 cm³/mol. The average Bonchev–Trinajstić information content (AvgIpc) is 2.76. The van der Waals surface area contributed by atoms with Crippen LogP contribution in [0.25, 0.3) is 0 Å². The van der Waals surface area contributed by atoms with Crippen molar-refractivity contribution in [2.24, 2.45) is 5.92 Å². The van der Waals surface area contributed by atoms with Crippen LogP contribution in [0.1, 0.15) is 65.5 Å². The maximum absolute atomic E-state index is 12.9. The third-order valence-corrected chi connectivity index (χ3v) is 5.64. The van der Waals surface area contributed by atoms with Gasteiger partial charge in [-0.25, -0.2) is 4.79 Å². The number of carbonyl (C=O) groups excluding carboxylic acids is 4. The number of carbonyl (C=O) groups is 4. The number of ether oxygens (including phenoxy) is 1. The molecule has 0 aromatic heterocycles. The Morgan fingerprint density at radius 1 is 0.969 bits per heavy atom. The molecule has 1 aliphatic heterocycles. The van der Waals surface area contributed by atoms with Crippen molar-refractivity contribution in [1.82, 2.24) is 4.90 Å². The number of benzene rings is 2. The minimum atomic E-state index is -0.599. The quantitative estimate of drug-likeness (QED) is 0.657. The minimum absolute atomic E-state index is 0.201. The Bertz CT molecular complexity index is 1120. The van der Waals surface area contributed by atoms with Gasteiger partial charge in [0.25, 0.3) is 0 Å². The van der Waals surface area contributed by atoms with Gasteiger partial charge >= 0.3 is 6.09 Å². The fourth-order valence-electron chi connectivity index (χ4n) is 4.10. The molecular weight excluding hydrogens is 408 g/mol. The molecule has 1 fully saturated rings. The summed E-state index contributed by atoms with van der Waals surface area (Å²) in [7, 11) is 0. The summed E-state index contributed by atoms with van der Waals surface area (Å²) in [5.74, 6) is -1.05. The first-order chi connectivity index (χ1) is 15.1. The Kier molecular flexibility index (Phi) is 5.59. The molecule has 1 N–H and O–H groups in total. The third kappa shape index (κ3) is 4.28. The van der Waals surface area contributed by atoms with E-state index < -0.39 is 11.7 Å². The van der Waals surface area contributed by atoms with Gasteiger partial charge in [0.15, 0.2) is 11.6 Å². The topological polar surface area (TPSA) is 92.8 Å². The lowest BCUT2D eigenvalue weighted by Gasteiger charge is -2.33. The molecule has 0 spiro atoms. The molecule has 1 atom stereocenters. The van der Waals surface area contributed by atoms with Crippen LogP contribution >= 0.6 is 0 Å². The van der Waals surface area contributed by atoms with Gasteiger partial charge in [-0.05, 0) is 51.8 Å². The van der Waals surface area contributed by atoms with Crippen LogP contribution < -0.4 is 5.32 Å². The van der Waals surface area contributed by atoms with Crippen LogP contribution in [-0.4, -0.2) is 47.2 Å². The zero-order valence-electron chi connectivity index (χ0n) is 18.4. The summed E-state index contributed by atoms with van der Waals surface area (Å²) in [5.41, 5.74) is 1.23. The molecular formula is C25H26N2O5. The highest BCUT2D eigenvalue weighted by atomic mass is 16.6. The van der Waals surface area contributed by atoms with Crippen molar-refractivity contribution in [1.29, 1.82) is 0 Å². The van der Waals surface area contributed by atoms with Crippen molar-refractivity contribution >= 4 is 29.3 Å². The fourth-order valence-corrected chi connectivity index (χ4v) is 4.10. The number of hydrogen-bond acceptors (Lipinski definition) is 5. The molecule has 0 radical (unpaired) electrons. The molecule has 1 heterocycles. The monoisotopic (exact) mass is 434 g/mol. The number of fused-ring (bicyclic) bond motifs is 2. The summed E-state index contributed by atoms with van der Waals surface area (Å²) >= 11 is 0. The van der Waals surface area contributed by atoms with Crippen molar-refractivity contribution in [2.45, 2.75) is 39.2 Å². The lowest BCUT2D eigenvalue weighted by molar-refractivity contribution is -0.121. The van der Waals surface area contributed by atoms with Gasteiger partial charge in [0.05, 0.1) is 5.92 Å². The maximum Gasteiger partial charge on any atom is 0.410 e. The number of anilines is 1. The van der Waals surface area contributed by atoms with Gasteiger partial charge in [-0.15, -0.1) is 0 Å². The number of hydrogen-bond donors (Lipinski definition) is 1. The SMILES string of the molecule is CC(C)(C)OC(=O)N1CCCC(C(=O)Nc2ccc3c(c2)C(=O)c2ccccc2C3=O)C1. The summed E-state index contributed by atoms with van der Waals surface area (Å²) in [6, 6.07) is 11.5. The molecule has 2 aromatic carbocycles. The van der Waals surface area contributed by atoms with E-state index in [9.17, 15) is 19.2 Å². The first-order valence-corrected chi connectivity index (χ1v) is 10.8. The normalized spacial score (nSPS) is 18.0. The largest absolute Gasteiger partial charge is 0.444 e. The molecule has 2 amide bonds. The van der Waals surface area contributed by atoms with E-state index in [0.717, 1.165) is 0 Å². The number of nitrogens with one attached hydrogen (secondary N) is 1. The Balaban J connectivity index is 1.48. The second-order valence-corrected chi connectivity index (χ2v) is 9.22. The molecule has 166 valence electrons. The molecule has 2 aromatic rings. The van der Waals surface area contributed by atoms with Gasteiger partial charge in [0.1, 0.15) is 5.60 Å². The predicted octanol–water partition coefficient (Wildman–Crippen LogP) is 4.05. The van der Waals surface area contributed by atoms with Gasteiger partial charge in [-0.3, -0.25) is 14.4 Å². The molecule has 4 rings (SSSR count). The lowest BCUT2D eigenvalue weighted by Crippen LogP contribution is -2.45. The Hall–Kier alpha value is -3.48. The number of ketones is 2. The minimum Gasteiger partial charge on any atom is -0.444 e. The van der Waals surface area contributed by atoms with Crippen molar-refractivity contribution in [3.05, 3.63) is 64.7 Å². The van der Waals surface area contributed by atoms with E-state index in [1.54, 1.807) is 68.1 Å². The Labute approximate surface area is 186 Å². The number of likely N-dealkylation sites (tertiary alicyclic amines) is 1. The van der Waals surface area contributed by atoms with E-state index in [0.29, 0.717) is 41.8 Å². The third-order valence-electron chi connectivity index (χ3n) is 5.64. The number of rotatable bonds is 2. The first-order valence-electron chi connectivity index (χ1n) is 10.8. The highest BCUT2D eigenvalue weighted by Crippen LogP contribution is 2.29. The molecule has 0 saturated carbocycles. The standard InChI is InChI=1S/C25H26N2O5/c1-25(2,3)32-24(31)27-12-6-7-15(14-27)23(30)26-16-10-11-19-20(13-16)22(29)18-9-5-4-8-17(18)21(19)28/h4-5,8-11,13,15H,6-7,12,14H2,1-3H3,(H,26,30). The Morgan fingerprint density at radius 2 is 1.59 bits per heavy atom. The van der Waals surface area contributed by atoms with Crippen LogP contribution in [-0.2, 0) is 9.53 Å². The second kappa shape index (κ2) is 8.22. The highest BCUT2D eigenvalue weighted by molar-refractivity contribution is 6.28. The van der Waals surface area contributed by atoms with E-state index in [1.807, 2.05) is 0 Å². The van der Waals surface area contributed by atoms with Crippen LogP contribution in [0.5, 0.6) is 0 Å². The number of piperidine rings is 1. The smallest absolute Gasteiger partial charge is 0.410 e. The Morgan fingerprint density at radius 3 is 2.25 bits per heavy atom. The van der Waals surface area contributed by atoms with Gasteiger partial charge in [-0.1, -0.05) is 24.3 Å².